The van der Waals surface area contributed by atoms with E-state index in [1.54, 1.807) is 7.11 Å². The number of likely N-dealkylation sites (tertiary alicyclic amines) is 1. The predicted octanol–water partition coefficient (Wildman–Crippen LogP) is 3.73. The quantitative estimate of drug-likeness (QED) is 0.679. The molecule has 0 aliphatic carbocycles. The lowest BCUT2D eigenvalue weighted by atomic mass is 9.76. The molecule has 2 aliphatic rings. The molecule has 2 amide bonds. The summed E-state index contributed by atoms with van der Waals surface area (Å²) in [6, 6.07) is 15.8. The lowest BCUT2D eigenvalue weighted by Crippen LogP contribution is -2.58. The second kappa shape index (κ2) is 7.76. The van der Waals surface area contributed by atoms with Crippen LogP contribution in [0.1, 0.15) is 42.9 Å². The van der Waals surface area contributed by atoms with Crippen molar-refractivity contribution >= 4 is 22.7 Å². The Morgan fingerprint density at radius 1 is 1.16 bits per heavy atom. The second-order valence-corrected chi connectivity index (χ2v) is 8.61. The third-order valence-corrected chi connectivity index (χ3v) is 6.81. The highest BCUT2D eigenvalue weighted by molar-refractivity contribution is 5.89. The van der Waals surface area contributed by atoms with E-state index < -0.39 is 5.54 Å². The number of benzene rings is 2. The molecule has 0 unspecified atom stereocenters. The first-order valence-electron chi connectivity index (χ1n) is 10.9. The van der Waals surface area contributed by atoms with E-state index in [-0.39, 0.29) is 17.9 Å². The maximum Gasteiger partial charge on any atom is 0.227 e. The van der Waals surface area contributed by atoms with Crippen molar-refractivity contribution in [3.8, 4) is 5.75 Å². The van der Waals surface area contributed by atoms with Gasteiger partial charge in [-0.3, -0.25) is 9.59 Å². The van der Waals surface area contributed by atoms with Crippen LogP contribution in [0.5, 0.6) is 5.75 Å². The molecule has 0 radical (unpaired) electrons. The van der Waals surface area contributed by atoms with Gasteiger partial charge in [-0.1, -0.05) is 30.3 Å². The lowest BCUT2D eigenvalue weighted by Gasteiger charge is -2.48. The van der Waals surface area contributed by atoms with E-state index in [1.165, 1.54) is 0 Å². The highest BCUT2D eigenvalue weighted by Gasteiger charge is 2.50. The van der Waals surface area contributed by atoms with Crippen LogP contribution in [-0.2, 0) is 16.0 Å². The summed E-state index contributed by atoms with van der Waals surface area (Å²) in [5, 5.41) is 4.33. The Morgan fingerprint density at radius 2 is 1.97 bits per heavy atom. The lowest BCUT2D eigenvalue weighted by molar-refractivity contribution is -0.138. The first-order valence-corrected chi connectivity index (χ1v) is 10.9. The average Bonchev–Trinajstić information content (AvgIpc) is 3.37. The minimum atomic E-state index is -0.403. The Balaban J connectivity index is 1.50. The minimum absolute atomic E-state index is 0.0736. The van der Waals surface area contributed by atoms with Gasteiger partial charge in [0.25, 0.3) is 0 Å². The monoisotopic (exact) mass is 417 g/mol. The zero-order valence-corrected chi connectivity index (χ0v) is 17.7. The molecule has 0 saturated carbocycles. The first kappa shape index (κ1) is 19.7. The van der Waals surface area contributed by atoms with Crippen LogP contribution in [0, 0.1) is 0 Å². The molecular weight excluding hydrogens is 390 g/mol. The summed E-state index contributed by atoms with van der Waals surface area (Å²) in [6.45, 7) is 0.690. The normalized spacial score (nSPS) is 23.3. The number of amides is 2. The van der Waals surface area contributed by atoms with Crippen molar-refractivity contribution < 1.29 is 14.3 Å². The first-order chi connectivity index (χ1) is 15.1. The van der Waals surface area contributed by atoms with Crippen LogP contribution in [0.4, 0.5) is 0 Å². The number of aromatic nitrogens is 1. The number of carbonyl (C=O) groups is 2. The number of para-hydroxylation sites is 1. The molecular formula is C25H27N3O3. The number of nitrogens with one attached hydrogen (secondary N) is 2. The molecule has 5 rings (SSSR count). The van der Waals surface area contributed by atoms with Crippen LogP contribution < -0.4 is 10.1 Å². The number of fused-ring (bicyclic) bond motifs is 1. The van der Waals surface area contributed by atoms with Crippen molar-refractivity contribution in [1.82, 2.24) is 15.2 Å². The van der Waals surface area contributed by atoms with Gasteiger partial charge in [-0.2, -0.15) is 0 Å². The fourth-order valence-corrected chi connectivity index (χ4v) is 5.36. The van der Waals surface area contributed by atoms with Gasteiger partial charge in [0.05, 0.1) is 25.1 Å². The van der Waals surface area contributed by atoms with Crippen LogP contribution in [0.2, 0.25) is 0 Å². The van der Waals surface area contributed by atoms with Crippen LogP contribution >= 0.6 is 0 Å². The number of carbonyl (C=O) groups excluding carboxylic acids is 2. The SMILES string of the molecule is COc1ccc([C@H]2N(C(=O)Cc3c[nH]c4ccccc34)CCC[C@]23CCC(=O)N3)cc1. The molecule has 2 atom stereocenters. The van der Waals surface area contributed by atoms with Gasteiger partial charge in [-0.05, 0) is 48.6 Å². The summed E-state index contributed by atoms with van der Waals surface area (Å²) in [5.41, 5.74) is 2.68. The molecule has 2 aromatic carbocycles. The van der Waals surface area contributed by atoms with E-state index in [0.29, 0.717) is 19.4 Å². The Hall–Kier alpha value is -3.28. The zero-order chi connectivity index (χ0) is 21.4. The summed E-state index contributed by atoms with van der Waals surface area (Å²) < 4.78 is 5.32. The second-order valence-electron chi connectivity index (χ2n) is 8.61. The average molecular weight is 418 g/mol. The Labute approximate surface area is 181 Å². The molecule has 31 heavy (non-hydrogen) atoms. The fourth-order valence-electron chi connectivity index (χ4n) is 5.36. The molecule has 0 bridgehead atoms. The van der Waals surface area contributed by atoms with Gasteiger partial charge in [0.15, 0.2) is 0 Å². The van der Waals surface area contributed by atoms with Gasteiger partial charge in [-0.15, -0.1) is 0 Å². The number of nitrogens with zero attached hydrogens (tertiary/aromatic N) is 1. The number of H-pyrrole nitrogens is 1. The molecule has 2 aliphatic heterocycles. The molecule has 2 N–H and O–H groups in total. The summed E-state index contributed by atoms with van der Waals surface area (Å²) in [7, 11) is 1.64. The standard InChI is InChI=1S/C25H27N3O3/c1-31-19-9-7-17(8-10-19)24-25(13-11-22(29)27-25)12-4-14-28(24)23(30)15-18-16-26-21-6-3-2-5-20(18)21/h2-3,5-10,16,24,26H,4,11-15H2,1H3,(H,27,29)/t24-,25+/m1/s1. The summed E-state index contributed by atoms with van der Waals surface area (Å²) in [5.74, 6) is 0.941. The van der Waals surface area contributed by atoms with Crippen molar-refractivity contribution in [1.29, 1.82) is 0 Å². The number of rotatable bonds is 4. The van der Waals surface area contributed by atoms with Gasteiger partial charge in [0.2, 0.25) is 11.8 Å². The summed E-state index contributed by atoms with van der Waals surface area (Å²) >= 11 is 0. The zero-order valence-electron chi connectivity index (χ0n) is 17.7. The number of aromatic amines is 1. The molecule has 1 spiro atoms. The van der Waals surface area contributed by atoms with E-state index >= 15 is 0 Å². The largest absolute Gasteiger partial charge is 0.497 e. The third-order valence-electron chi connectivity index (χ3n) is 6.81. The van der Waals surface area contributed by atoms with E-state index in [9.17, 15) is 9.59 Å². The highest BCUT2D eigenvalue weighted by atomic mass is 16.5. The van der Waals surface area contributed by atoms with Gasteiger partial charge in [0, 0.05) is 30.1 Å². The van der Waals surface area contributed by atoms with Gasteiger partial charge >= 0.3 is 0 Å². The Bertz CT molecular complexity index is 1120. The maximum atomic E-state index is 13.6. The Kier molecular flexibility index (Phi) is 4.93. The predicted molar refractivity (Wildman–Crippen MR) is 119 cm³/mol. The highest BCUT2D eigenvalue weighted by Crippen LogP contribution is 2.45. The van der Waals surface area contributed by atoms with Crippen LogP contribution in [-0.4, -0.2) is 40.9 Å². The molecule has 3 aromatic rings. The number of methoxy groups -OCH3 is 1. The summed E-state index contributed by atoms with van der Waals surface area (Å²) in [6.07, 6.45) is 5.29. The van der Waals surface area contributed by atoms with Crippen molar-refractivity contribution in [2.45, 2.75) is 43.7 Å². The van der Waals surface area contributed by atoms with Gasteiger partial charge < -0.3 is 19.9 Å². The van der Waals surface area contributed by atoms with E-state index in [1.807, 2.05) is 59.6 Å². The fraction of sp³-hybridized carbons (Fsp3) is 0.360. The smallest absolute Gasteiger partial charge is 0.227 e. The topological polar surface area (TPSA) is 74.4 Å². The molecule has 6 nitrogen and oxygen atoms in total. The number of ether oxygens (including phenoxy) is 1. The molecule has 1 aromatic heterocycles. The van der Waals surface area contributed by atoms with Crippen molar-refractivity contribution in [3.63, 3.8) is 0 Å². The van der Waals surface area contributed by atoms with E-state index in [4.69, 9.17) is 4.74 Å². The minimum Gasteiger partial charge on any atom is -0.497 e. The van der Waals surface area contributed by atoms with Crippen molar-refractivity contribution in [2.24, 2.45) is 0 Å². The Morgan fingerprint density at radius 3 is 2.71 bits per heavy atom. The third kappa shape index (κ3) is 3.46. The van der Waals surface area contributed by atoms with Crippen LogP contribution in [0.25, 0.3) is 10.9 Å². The summed E-state index contributed by atoms with van der Waals surface area (Å²) in [4.78, 5) is 31.1. The maximum absolute atomic E-state index is 13.6. The molecule has 3 heterocycles. The molecule has 2 fully saturated rings. The van der Waals surface area contributed by atoms with E-state index in [2.05, 4.69) is 10.3 Å². The van der Waals surface area contributed by atoms with Crippen LogP contribution in [0.3, 0.4) is 0 Å². The number of hydrogen-bond donors (Lipinski definition) is 2. The van der Waals surface area contributed by atoms with E-state index in [0.717, 1.165) is 47.0 Å². The van der Waals surface area contributed by atoms with Gasteiger partial charge in [-0.25, -0.2) is 0 Å². The molecule has 160 valence electrons. The van der Waals surface area contributed by atoms with Crippen molar-refractivity contribution in [3.05, 3.63) is 65.9 Å². The van der Waals surface area contributed by atoms with Crippen molar-refractivity contribution in [2.75, 3.05) is 13.7 Å². The van der Waals surface area contributed by atoms with Crippen LogP contribution in [0.15, 0.2) is 54.7 Å². The molecule has 2 saturated heterocycles. The number of piperidine rings is 1. The molecule has 6 heteroatoms. The van der Waals surface area contributed by atoms with Gasteiger partial charge in [0.1, 0.15) is 5.75 Å². The number of hydrogen-bond acceptors (Lipinski definition) is 3.